The molecule has 5 heteroatoms. The normalized spacial score (nSPS) is 19.2. The van der Waals surface area contributed by atoms with Crippen molar-refractivity contribution in [2.45, 2.75) is 38.3 Å². The molecule has 1 saturated heterocycles. The number of carbonyl (C=O) groups excluding carboxylic acids is 1. The SMILES string of the molecule is CCC(C)(C)OC(=O)NCC1(N)COC1. The lowest BCUT2D eigenvalue weighted by atomic mass is 10.00. The van der Waals surface area contributed by atoms with E-state index in [0.717, 1.165) is 6.42 Å². The fourth-order valence-electron chi connectivity index (χ4n) is 1.07. The van der Waals surface area contributed by atoms with Crippen molar-refractivity contribution in [3.05, 3.63) is 0 Å². The number of alkyl carbamates (subject to hydrolysis) is 1. The highest BCUT2D eigenvalue weighted by Gasteiger charge is 2.34. The molecule has 1 fully saturated rings. The second kappa shape index (κ2) is 4.37. The molecule has 0 saturated carbocycles. The molecule has 5 nitrogen and oxygen atoms in total. The topological polar surface area (TPSA) is 73.6 Å². The molecule has 0 aromatic carbocycles. The van der Waals surface area contributed by atoms with Gasteiger partial charge in [-0.1, -0.05) is 6.92 Å². The van der Waals surface area contributed by atoms with E-state index in [0.29, 0.717) is 19.8 Å². The van der Waals surface area contributed by atoms with Crippen LogP contribution in [0.5, 0.6) is 0 Å². The summed E-state index contributed by atoms with van der Waals surface area (Å²) in [5, 5.41) is 2.65. The zero-order valence-corrected chi connectivity index (χ0v) is 9.63. The largest absolute Gasteiger partial charge is 0.444 e. The third kappa shape index (κ3) is 3.68. The maximum absolute atomic E-state index is 11.4. The van der Waals surface area contributed by atoms with E-state index in [1.165, 1.54) is 0 Å². The van der Waals surface area contributed by atoms with Crippen LogP contribution in [0.4, 0.5) is 4.79 Å². The molecule has 0 aliphatic carbocycles. The van der Waals surface area contributed by atoms with Gasteiger partial charge in [0.15, 0.2) is 0 Å². The molecule has 0 radical (unpaired) electrons. The van der Waals surface area contributed by atoms with Crippen molar-refractivity contribution in [3.8, 4) is 0 Å². The summed E-state index contributed by atoms with van der Waals surface area (Å²) >= 11 is 0. The van der Waals surface area contributed by atoms with Crippen molar-refractivity contribution in [2.24, 2.45) is 5.73 Å². The van der Waals surface area contributed by atoms with E-state index in [9.17, 15) is 4.79 Å². The number of nitrogens with two attached hydrogens (primary N) is 1. The van der Waals surface area contributed by atoms with Gasteiger partial charge in [-0.2, -0.15) is 0 Å². The Hall–Kier alpha value is -0.810. The van der Waals surface area contributed by atoms with E-state index in [-0.39, 0.29) is 0 Å². The van der Waals surface area contributed by atoms with Gasteiger partial charge in [-0.15, -0.1) is 0 Å². The highest BCUT2D eigenvalue weighted by Crippen LogP contribution is 2.14. The molecule has 1 heterocycles. The molecular formula is C10H20N2O3. The fourth-order valence-corrected chi connectivity index (χ4v) is 1.07. The lowest BCUT2D eigenvalue weighted by Crippen LogP contribution is -2.63. The molecule has 88 valence electrons. The summed E-state index contributed by atoms with van der Waals surface area (Å²) < 4.78 is 10.2. The van der Waals surface area contributed by atoms with Crippen LogP contribution in [-0.2, 0) is 9.47 Å². The molecule has 3 N–H and O–H groups in total. The molecule has 15 heavy (non-hydrogen) atoms. The van der Waals surface area contributed by atoms with Crippen molar-refractivity contribution in [1.82, 2.24) is 5.32 Å². The number of carbonyl (C=O) groups is 1. The van der Waals surface area contributed by atoms with Crippen LogP contribution in [-0.4, -0.2) is 37.0 Å². The van der Waals surface area contributed by atoms with E-state index in [2.05, 4.69) is 5.32 Å². The molecular weight excluding hydrogens is 196 g/mol. The summed E-state index contributed by atoms with van der Waals surface area (Å²) in [4.78, 5) is 11.4. The second-order valence-electron chi connectivity index (χ2n) is 4.71. The Bertz CT molecular complexity index is 237. The predicted molar refractivity (Wildman–Crippen MR) is 56.6 cm³/mol. The molecule has 0 aromatic rings. The number of ether oxygens (including phenoxy) is 2. The minimum atomic E-state index is -0.429. The van der Waals surface area contributed by atoms with Gasteiger partial charge in [0.25, 0.3) is 0 Å². The molecule has 0 aromatic heterocycles. The average Bonchev–Trinajstić information content (AvgIpc) is 2.11. The first kappa shape index (κ1) is 12.3. The summed E-state index contributed by atoms with van der Waals surface area (Å²) in [5.74, 6) is 0. The van der Waals surface area contributed by atoms with Gasteiger partial charge in [0, 0.05) is 6.54 Å². The third-order valence-electron chi connectivity index (χ3n) is 2.58. The molecule has 0 atom stereocenters. The number of nitrogens with one attached hydrogen (secondary N) is 1. The van der Waals surface area contributed by atoms with Gasteiger partial charge in [0.1, 0.15) is 5.60 Å². The third-order valence-corrected chi connectivity index (χ3v) is 2.58. The molecule has 1 aliphatic rings. The van der Waals surface area contributed by atoms with Gasteiger partial charge in [-0.3, -0.25) is 0 Å². The Morgan fingerprint density at radius 3 is 2.60 bits per heavy atom. The number of amides is 1. The van der Waals surface area contributed by atoms with Crippen molar-refractivity contribution in [2.75, 3.05) is 19.8 Å². The summed E-state index contributed by atoms with van der Waals surface area (Å²) in [6.45, 7) is 7.09. The molecule has 0 unspecified atom stereocenters. The van der Waals surface area contributed by atoms with Crippen molar-refractivity contribution in [3.63, 3.8) is 0 Å². The van der Waals surface area contributed by atoms with Crippen molar-refractivity contribution >= 4 is 6.09 Å². The van der Waals surface area contributed by atoms with E-state index < -0.39 is 17.2 Å². The van der Waals surface area contributed by atoms with Crippen LogP contribution in [0.2, 0.25) is 0 Å². The van der Waals surface area contributed by atoms with Gasteiger partial charge >= 0.3 is 6.09 Å². The van der Waals surface area contributed by atoms with Gasteiger partial charge < -0.3 is 20.5 Å². The minimum Gasteiger partial charge on any atom is -0.444 e. The van der Waals surface area contributed by atoms with Crippen LogP contribution in [0, 0.1) is 0 Å². The zero-order valence-electron chi connectivity index (χ0n) is 9.63. The number of hydrogen-bond donors (Lipinski definition) is 2. The first-order chi connectivity index (χ1) is 6.87. The zero-order chi connectivity index (χ0) is 11.5. The van der Waals surface area contributed by atoms with Crippen LogP contribution < -0.4 is 11.1 Å². The Labute approximate surface area is 90.3 Å². The first-order valence-electron chi connectivity index (χ1n) is 5.20. The van der Waals surface area contributed by atoms with E-state index in [4.69, 9.17) is 15.2 Å². The Kier molecular flexibility index (Phi) is 3.57. The maximum Gasteiger partial charge on any atom is 0.407 e. The van der Waals surface area contributed by atoms with Crippen LogP contribution in [0.1, 0.15) is 27.2 Å². The molecule has 0 bridgehead atoms. The highest BCUT2D eigenvalue weighted by atomic mass is 16.6. The summed E-state index contributed by atoms with van der Waals surface area (Å²) in [5.41, 5.74) is 5.02. The van der Waals surface area contributed by atoms with Crippen molar-refractivity contribution < 1.29 is 14.3 Å². The van der Waals surface area contributed by atoms with Gasteiger partial charge in [0.2, 0.25) is 0 Å². The maximum atomic E-state index is 11.4. The lowest BCUT2D eigenvalue weighted by Gasteiger charge is -2.37. The average molecular weight is 216 g/mol. The highest BCUT2D eigenvalue weighted by molar-refractivity contribution is 5.67. The summed E-state index contributed by atoms with van der Waals surface area (Å²) in [7, 11) is 0. The van der Waals surface area contributed by atoms with E-state index in [1.54, 1.807) is 0 Å². The first-order valence-corrected chi connectivity index (χ1v) is 5.20. The van der Waals surface area contributed by atoms with Crippen LogP contribution in [0.3, 0.4) is 0 Å². The molecule has 1 rings (SSSR count). The predicted octanol–water partition coefficient (Wildman–Crippen LogP) is 0.629. The quantitative estimate of drug-likeness (QED) is 0.723. The minimum absolute atomic E-state index is 0.394. The smallest absolute Gasteiger partial charge is 0.407 e. The number of hydrogen-bond acceptors (Lipinski definition) is 4. The van der Waals surface area contributed by atoms with Crippen LogP contribution >= 0.6 is 0 Å². The van der Waals surface area contributed by atoms with Crippen LogP contribution in [0.25, 0.3) is 0 Å². The Morgan fingerprint density at radius 1 is 1.60 bits per heavy atom. The summed E-state index contributed by atoms with van der Waals surface area (Å²) in [6.07, 6.45) is 0.357. The van der Waals surface area contributed by atoms with Crippen molar-refractivity contribution in [1.29, 1.82) is 0 Å². The standard InChI is InChI=1S/C10H20N2O3/c1-4-9(2,3)15-8(13)12-5-10(11)6-14-7-10/h4-7,11H2,1-3H3,(H,12,13). The summed E-state index contributed by atoms with van der Waals surface area (Å²) in [6, 6.07) is 0. The fraction of sp³-hybridized carbons (Fsp3) is 0.900. The Morgan fingerprint density at radius 2 is 2.20 bits per heavy atom. The van der Waals surface area contributed by atoms with Crippen LogP contribution in [0.15, 0.2) is 0 Å². The number of rotatable bonds is 4. The molecule has 0 spiro atoms. The Balaban J connectivity index is 2.24. The monoisotopic (exact) mass is 216 g/mol. The molecule has 1 amide bonds. The molecule has 1 aliphatic heterocycles. The van der Waals surface area contributed by atoms with Gasteiger partial charge in [-0.05, 0) is 20.3 Å². The van der Waals surface area contributed by atoms with Gasteiger partial charge in [-0.25, -0.2) is 4.79 Å². The van der Waals surface area contributed by atoms with E-state index >= 15 is 0 Å². The van der Waals surface area contributed by atoms with E-state index in [1.807, 2.05) is 20.8 Å². The lowest BCUT2D eigenvalue weighted by molar-refractivity contribution is -0.0530. The van der Waals surface area contributed by atoms with Gasteiger partial charge in [0.05, 0.1) is 18.8 Å². The second-order valence-corrected chi connectivity index (χ2v) is 4.71.